The standard InChI is InChI=1S/C16H20N4O/c21-15(18-14-10-20-6-4-11(14)5-7-20)8-12-2-1-3-13-9-17-19-16(12)13/h1-3,9,11,14H,4-8,10H2,(H,17,19)(H,18,21). The SMILES string of the molecule is O=C(Cc1cccc2cn[nH]c12)NC1CN2CCC1CC2. The zero-order chi connectivity index (χ0) is 14.2. The molecule has 1 unspecified atom stereocenters. The third-order valence-electron chi connectivity index (χ3n) is 4.92. The number of hydrogen-bond donors (Lipinski definition) is 2. The number of aromatic amines is 1. The molecule has 0 saturated carbocycles. The van der Waals surface area contributed by atoms with Gasteiger partial charge in [0.1, 0.15) is 0 Å². The van der Waals surface area contributed by atoms with E-state index in [4.69, 9.17) is 0 Å². The van der Waals surface area contributed by atoms with Gasteiger partial charge in [-0.1, -0.05) is 18.2 Å². The van der Waals surface area contributed by atoms with Gasteiger partial charge in [0.05, 0.1) is 18.1 Å². The molecule has 0 spiro atoms. The maximum Gasteiger partial charge on any atom is 0.224 e. The first-order chi connectivity index (χ1) is 10.3. The molecule has 5 heteroatoms. The van der Waals surface area contributed by atoms with Crippen molar-refractivity contribution < 1.29 is 4.79 Å². The van der Waals surface area contributed by atoms with Crippen molar-refractivity contribution in [3.05, 3.63) is 30.0 Å². The van der Waals surface area contributed by atoms with Crippen LogP contribution in [0.25, 0.3) is 10.9 Å². The molecule has 3 aliphatic heterocycles. The average molecular weight is 284 g/mol. The summed E-state index contributed by atoms with van der Waals surface area (Å²) in [5.74, 6) is 0.790. The summed E-state index contributed by atoms with van der Waals surface area (Å²) in [5.41, 5.74) is 1.99. The van der Waals surface area contributed by atoms with E-state index in [1.165, 1.54) is 25.9 Å². The number of nitrogens with one attached hydrogen (secondary N) is 2. The van der Waals surface area contributed by atoms with Crippen molar-refractivity contribution in [2.24, 2.45) is 5.92 Å². The van der Waals surface area contributed by atoms with E-state index in [9.17, 15) is 4.79 Å². The minimum atomic E-state index is 0.121. The van der Waals surface area contributed by atoms with Crippen molar-refractivity contribution in [3.63, 3.8) is 0 Å². The summed E-state index contributed by atoms with van der Waals surface area (Å²) in [6.45, 7) is 3.42. The molecule has 3 saturated heterocycles. The third-order valence-corrected chi connectivity index (χ3v) is 4.92. The summed E-state index contributed by atoms with van der Waals surface area (Å²) < 4.78 is 0. The van der Waals surface area contributed by atoms with Gasteiger partial charge in [0.2, 0.25) is 5.91 Å². The van der Waals surface area contributed by atoms with Crippen LogP contribution in [0, 0.1) is 5.92 Å². The first kappa shape index (κ1) is 12.8. The molecule has 1 atom stereocenters. The Kier molecular flexibility index (Phi) is 3.15. The van der Waals surface area contributed by atoms with E-state index in [1.54, 1.807) is 6.20 Å². The molecule has 2 N–H and O–H groups in total. The van der Waals surface area contributed by atoms with Crippen LogP contribution in [-0.4, -0.2) is 46.7 Å². The van der Waals surface area contributed by atoms with Gasteiger partial charge in [0, 0.05) is 18.0 Å². The maximum absolute atomic E-state index is 12.4. The molecule has 4 heterocycles. The average Bonchev–Trinajstić information content (AvgIpc) is 2.98. The molecule has 21 heavy (non-hydrogen) atoms. The molecule has 0 aliphatic carbocycles. The number of rotatable bonds is 3. The lowest BCUT2D eigenvalue weighted by atomic mass is 9.84. The van der Waals surface area contributed by atoms with Crippen LogP contribution < -0.4 is 5.32 Å². The lowest BCUT2D eigenvalue weighted by molar-refractivity contribution is -0.122. The van der Waals surface area contributed by atoms with Crippen molar-refractivity contribution in [1.29, 1.82) is 0 Å². The molecule has 1 amide bonds. The number of carbonyl (C=O) groups is 1. The molecule has 5 rings (SSSR count). The lowest BCUT2D eigenvalue weighted by Crippen LogP contribution is -2.57. The number of hydrogen-bond acceptors (Lipinski definition) is 3. The van der Waals surface area contributed by atoms with E-state index in [2.05, 4.69) is 20.4 Å². The Morgan fingerprint density at radius 3 is 3.00 bits per heavy atom. The summed E-state index contributed by atoms with van der Waals surface area (Å²) in [6.07, 6.45) is 4.66. The Labute approximate surface area is 123 Å². The van der Waals surface area contributed by atoms with Gasteiger partial charge in [0.15, 0.2) is 0 Å². The van der Waals surface area contributed by atoms with Crippen molar-refractivity contribution in [1.82, 2.24) is 20.4 Å². The van der Waals surface area contributed by atoms with E-state index in [0.717, 1.165) is 23.0 Å². The lowest BCUT2D eigenvalue weighted by Gasteiger charge is -2.44. The highest BCUT2D eigenvalue weighted by Crippen LogP contribution is 2.27. The second-order valence-electron chi connectivity index (χ2n) is 6.24. The number of aromatic nitrogens is 2. The fourth-order valence-corrected chi connectivity index (χ4v) is 3.74. The third kappa shape index (κ3) is 2.42. The van der Waals surface area contributed by atoms with Crippen LogP contribution in [0.5, 0.6) is 0 Å². The van der Waals surface area contributed by atoms with Gasteiger partial charge >= 0.3 is 0 Å². The molecule has 1 aromatic carbocycles. The van der Waals surface area contributed by atoms with Crippen LogP contribution in [0.3, 0.4) is 0 Å². The molecule has 0 radical (unpaired) electrons. The van der Waals surface area contributed by atoms with Crippen LogP contribution in [0.4, 0.5) is 0 Å². The maximum atomic E-state index is 12.4. The quantitative estimate of drug-likeness (QED) is 0.893. The molecular formula is C16H20N4O. The smallest absolute Gasteiger partial charge is 0.224 e. The molecule has 1 aromatic heterocycles. The van der Waals surface area contributed by atoms with Crippen LogP contribution in [0.2, 0.25) is 0 Å². The summed E-state index contributed by atoms with van der Waals surface area (Å²) in [6, 6.07) is 6.32. The molecule has 110 valence electrons. The molecule has 5 nitrogen and oxygen atoms in total. The Bertz CT molecular complexity index is 657. The van der Waals surface area contributed by atoms with E-state index >= 15 is 0 Å². The van der Waals surface area contributed by atoms with Gasteiger partial charge in [-0.2, -0.15) is 5.10 Å². The van der Waals surface area contributed by atoms with Crippen molar-refractivity contribution in [2.45, 2.75) is 25.3 Å². The van der Waals surface area contributed by atoms with Crippen molar-refractivity contribution >= 4 is 16.8 Å². The number of benzene rings is 1. The van der Waals surface area contributed by atoms with Crippen molar-refractivity contribution in [2.75, 3.05) is 19.6 Å². The Hall–Kier alpha value is -1.88. The van der Waals surface area contributed by atoms with E-state index in [1.807, 2.05) is 18.2 Å². The second kappa shape index (κ2) is 5.15. The Morgan fingerprint density at radius 2 is 2.24 bits per heavy atom. The summed E-state index contributed by atoms with van der Waals surface area (Å²) in [4.78, 5) is 14.8. The molecule has 2 aromatic rings. The number of nitrogens with zero attached hydrogens (tertiary/aromatic N) is 2. The molecular weight excluding hydrogens is 264 g/mol. The van der Waals surface area contributed by atoms with Gasteiger partial charge in [-0.3, -0.25) is 9.89 Å². The summed E-state index contributed by atoms with van der Waals surface area (Å²) in [5, 5.41) is 11.3. The van der Waals surface area contributed by atoms with E-state index in [0.29, 0.717) is 18.4 Å². The van der Waals surface area contributed by atoms with E-state index in [-0.39, 0.29) is 5.91 Å². The van der Waals surface area contributed by atoms with Gasteiger partial charge in [-0.15, -0.1) is 0 Å². The van der Waals surface area contributed by atoms with Gasteiger partial charge in [-0.25, -0.2) is 0 Å². The minimum Gasteiger partial charge on any atom is -0.352 e. The number of H-pyrrole nitrogens is 1. The number of piperidine rings is 3. The first-order valence-corrected chi connectivity index (χ1v) is 7.72. The number of amides is 1. The fourth-order valence-electron chi connectivity index (χ4n) is 3.74. The largest absolute Gasteiger partial charge is 0.352 e. The molecule has 2 bridgehead atoms. The summed E-state index contributed by atoms with van der Waals surface area (Å²) in [7, 11) is 0. The van der Waals surface area contributed by atoms with Crippen LogP contribution in [-0.2, 0) is 11.2 Å². The Morgan fingerprint density at radius 1 is 1.38 bits per heavy atom. The van der Waals surface area contributed by atoms with Gasteiger partial charge in [-0.05, 0) is 37.4 Å². The van der Waals surface area contributed by atoms with E-state index < -0.39 is 0 Å². The van der Waals surface area contributed by atoms with Crippen molar-refractivity contribution in [3.8, 4) is 0 Å². The van der Waals surface area contributed by atoms with Crippen LogP contribution in [0.1, 0.15) is 18.4 Å². The molecule has 3 aliphatic rings. The predicted octanol–water partition coefficient (Wildman–Crippen LogP) is 1.32. The zero-order valence-corrected chi connectivity index (χ0v) is 12.0. The number of para-hydroxylation sites is 1. The van der Waals surface area contributed by atoms with Crippen LogP contribution >= 0.6 is 0 Å². The molecule has 3 fully saturated rings. The number of fused-ring (bicyclic) bond motifs is 4. The highest BCUT2D eigenvalue weighted by Gasteiger charge is 2.34. The predicted molar refractivity (Wildman–Crippen MR) is 80.9 cm³/mol. The van der Waals surface area contributed by atoms with Gasteiger partial charge in [0.25, 0.3) is 0 Å². The normalized spacial score (nSPS) is 27.9. The van der Waals surface area contributed by atoms with Gasteiger partial charge < -0.3 is 10.2 Å². The highest BCUT2D eigenvalue weighted by molar-refractivity contribution is 5.87. The second-order valence-corrected chi connectivity index (χ2v) is 6.24. The monoisotopic (exact) mass is 284 g/mol. The van der Waals surface area contributed by atoms with Crippen LogP contribution in [0.15, 0.2) is 24.4 Å². The topological polar surface area (TPSA) is 61.0 Å². The minimum absolute atomic E-state index is 0.121. The number of carbonyl (C=O) groups excluding carboxylic acids is 1. The Balaban J connectivity index is 1.45. The highest BCUT2D eigenvalue weighted by atomic mass is 16.1. The summed E-state index contributed by atoms with van der Waals surface area (Å²) >= 11 is 0. The fraction of sp³-hybridized carbons (Fsp3) is 0.500. The zero-order valence-electron chi connectivity index (χ0n) is 12.0. The first-order valence-electron chi connectivity index (χ1n) is 7.72.